The van der Waals surface area contributed by atoms with Gasteiger partial charge >= 0.3 is 0 Å². The highest BCUT2D eigenvalue weighted by Gasteiger charge is 2.31. The third kappa shape index (κ3) is 3.45. The van der Waals surface area contributed by atoms with Gasteiger partial charge in [-0.25, -0.2) is 0 Å². The number of methoxy groups -OCH3 is 1. The molecule has 0 aromatic rings. The molecule has 1 amide bonds. The number of hydrogen-bond donors (Lipinski definition) is 1. The fourth-order valence-electron chi connectivity index (χ4n) is 3.35. The zero-order valence-corrected chi connectivity index (χ0v) is 11.5. The number of nitrogens with one attached hydrogen (secondary N) is 1. The Kier molecular flexibility index (Phi) is 5.45. The zero-order valence-electron chi connectivity index (χ0n) is 11.5. The van der Waals surface area contributed by atoms with Crippen molar-refractivity contribution in [2.75, 3.05) is 26.8 Å². The topological polar surface area (TPSA) is 41.6 Å². The first-order chi connectivity index (χ1) is 8.83. The molecule has 0 aromatic heterocycles. The molecule has 0 unspecified atom stereocenters. The summed E-state index contributed by atoms with van der Waals surface area (Å²) in [5.74, 6) is 0.191. The molecule has 0 radical (unpaired) electrons. The molecular formula is C14H26N2O2. The first-order valence-corrected chi connectivity index (χ1v) is 7.33. The average Bonchev–Trinajstić information content (AvgIpc) is 2.42. The molecule has 1 heterocycles. The van der Waals surface area contributed by atoms with E-state index in [9.17, 15) is 4.79 Å². The van der Waals surface area contributed by atoms with Crippen LogP contribution in [0, 0.1) is 0 Å². The van der Waals surface area contributed by atoms with Crippen molar-refractivity contribution in [2.24, 2.45) is 0 Å². The Morgan fingerprint density at radius 3 is 2.33 bits per heavy atom. The smallest absolute Gasteiger partial charge is 0.249 e. The van der Waals surface area contributed by atoms with Gasteiger partial charge in [0.15, 0.2) is 0 Å². The number of rotatable bonds is 4. The molecule has 1 aliphatic carbocycles. The molecule has 0 spiro atoms. The molecule has 1 saturated carbocycles. The van der Waals surface area contributed by atoms with Gasteiger partial charge in [-0.1, -0.05) is 19.3 Å². The summed E-state index contributed by atoms with van der Waals surface area (Å²) in [6, 6.07) is 0.890. The molecule has 104 valence electrons. The van der Waals surface area contributed by atoms with E-state index < -0.39 is 0 Å². The van der Waals surface area contributed by atoms with Gasteiger partial charge in [0, 0.05) is 19.2 Å². The Balaban J connectivity index is 2.02. The predicted octanol–water partition coefficient (Wildman–Crippen LogP) is 1.55. The third-order valence-corrected chi connectivity index (χ3v) is 4.23. The number of piperidine rings is 1. The maximum Gasteiger partial charge on any atom is 0.249 e. The van der Waals surface area contributed by atoms with Crippen LogP contribution >= 0.6 is 0 Å². The van der Waals surface area contributed by atoms with Crippen LogP contribution in [0.15, 0.2) is 0 Å². The first kappa shape index (κ1) is 13.8. The third-order valence-electron chi connectivity index (χ3n) is 4.23. The summed E-state index contributed by atoms with van der Waals surface area (Å²) in [7, 11) is 1.61. The highest BCUT2D eigenvalue weighted by molar-refractivity contribution is 5.78. The van der Waals surface area contributed by atoms with Gasteiger partial charge in [0.2, 0.25) is 5.91 Å². The van der Waals surface area contributed by atoms with Gasteiger partial charge < -0.3 is 15.0 Å². The van der Waals surface area contributed by atoms with Crippen molar-refractivity contribution < 1.29 is 9.53 Å². The lowest BCUT2D eigenvalue weighted by molar-refractivity contribution is -0.141. The maximum absolute atomic E-state index is 12.3. The molecule has 4 heteroatoms. The molecule has 18 heavy (non-hydrogen) atoms. The summed E-state index contributed by atoms with van der Waals surface area (Å²) in [4.78, 5) is 14.5. The fourth-order valence-corrected chi connectivity index (χ4v) is 3.35. The Bertz CT molecular complexity index is 241. The van der Waals surface area contributed by atoms with Crippen LogP contribution in [0.25, 0.3) is 0 Å². The number of amides is 1. The first-order valence-electron chi connectivity index (χ1n) is 7.33. The summed E-state index contributed by atoms with van der Waals surface area (Å²) in [6.45, 7) is 2.31. The van der Waals surface area contributed by atoms with Gasteiger partial charge in [0.1, 0.15) is 6.61 Å². The van der Waals surface area contributed by atoms with E-state index in [2.05, 4.69) is 10.2 Å². The van der Waals surface area contributed by atoms with Crippen LogP contribution in [-0.2, 0) is 9.53 Å². The predicted molar refractivity (Wildman–Crippen MR) is 71.5 cm³/mol. The molecule has 4 nitrogen and oxygen atoms in total. The Hall–Kier alpha value is -0.610. The highest BCUT2D eigenvalue weighted by Crippen LogP contribution is 2.26. The minimum Gasteiger partial charge on any atom is -0.375 e. The second-order valence-electron chi connectivity index (χ2n) is 5.51. The number of ether oxygens (including phenoxy) is 1. The van der Waals surface area contributed by atoms with Crippen LogP contribution in [-0.4, -0.2) is 49.7 Å². The Morgan fingerprint density at radius 2 is 1.72 bits per heavy atom. The highest BCUT2D eigenvalue weighted by atomic mass is 16.5. The van der Waals surface area contributed by atoms with Gasteiger partial charge in [-0.05, 0) is 38.8 Å². The van der Waals surface area contributed by atoms with E-state index in [1.165, 1.54) is 32.1 Å². The standard InChI is InChI=1S/C14H26N2O2/c1-18-11-14(17)16(12-5-3-2-4-6-12)13-7-9-15-10-8-13/h12-13,15H,2-11H2,1H3. The van der Waals surface area contributed by atoms with E-state index in [4.69, 9.17) is 4.74 Å². The van der Waals surface area contributed by atoms with Crippen molar-refractivity contribution in [3.63, 3.8) is 0 Å². The van der Waals surface area contributed by atoms with E-state index in [1.54, 1.807) is 7.11 Å². The normalized spacial score (nSPS) is 22.9. The van der Waals surface area contributed by atoms with Gasteiger partial charge in [-0.2, -0.15) is 0 Å². The van der Waals surface area contributed by atoms with E-state index >= 15 is 0 Å². The van der Waals surface area contributed by atoms with Gasteiger partial charge in [-0.3, -0.25) is 4.79 Å². The lowest BCUT2D eigenvalue weighted by Gasteiger charge is -2.41. The fraction of sp³-hybridized carbons (Fsp3) is 0.929. The molecular weight excluding hydrogens is 228 g/mol. The lowest BCUT2D eigenvalue weighted by atomic mass is 9.91. The van der Waals surface area contributed by atoms with E-state index in [0.717, 1.165) is 25.9 Å². The average molecular weight is 254 g/mol. The molecule has 1 saturated heterocycles. The number of carbonyl (C=O) groups is 1. The molecule has 2 aliphatic rings. The van der Waals surface area contributed by atoms with Crippen molar-refractivity contribution in [3.8, 4) is 0 Å². The molecule has 2 fully saturated rings. The van der Waals surface area contributed by atoms with Crippen LogP contribution in [0.5, 0.6) is 0 Å². The molecule has 1 aliphatic heterocycles. The molecule has 0 aromatic carbocycles. The van der Waals surface area contributed by atoms with Crippen molar-refractivity contribution >= 4 is 5.91 Å². The van der Waals surface area contributed by atoms with E-state index in [-0.39, 0.29) is 12.5 Å². The zero-order chi connectivity index (χ0) is 12.8. The molecule has 0 bridgehead atoms. The molecule has 2 rings (SSSR count). The second-order valence-corrected chi connectivity index (χ2v) is 5.51. The van der Waals surface area contributed by atoms with Crippen molar-refractivity contribution in [3.05, 3.63) is 0 Å². The van der Waals surface area contributed by atoms with Gasteiger partial charge in [-0.15, -0.1) is 0 Å². The van der Waals surface area contributed by atoms with Crippen LogP contribution in [0.3, 0.4) is 0 Å². The molecule has 0 atom stereocenters. The number of carbonyl (C=O) groups excluding carboxylic acids is 1. The lowest BCUT2D eigenvalue weighted by Crippen LogP contribution is -2.52. The quantitative estimate of drug-likeness (QED) is 0.827. The SMILES string of the molecule is COCC(=O)N(C1CCCCC1)C1CCNCC1. The van der Waals surface area contributed by atoms with E-state index in [1.807, 2.05) is 0 Å². The van der Waals surface area contributed by atoms with Crippen LogP contribution in [0.2, 0.25) is 0 Å². The van der Waals surface area contributed by atoms with E-state index in [0.29, 0.717) is 12.1 Å². The van der Waals surface area contributed by atoms with Gasteiger partial charge in [0.05, 0.1) is 0 Å². The number of nitrogens with zero attached hydrogens (tertiary/aromatic N) is 1. The summed E-state index contributed by atoms with van der Waals surface area (Å²) < 4.78 is 5.06. The Labute approximate surface area is 110 Å². The van der Waals surface area contributed by atoms with Crippen molar-refractivity contribution in [1.82, 2.24) is 10.2 Å². The second kappa shape index (κ2) is 7.10. The summed E-state index contributed by atoms with van der Waals surface area (Å²) in [6.07, 6.45) is 8.41. The van der Waals surface area contributed by atoms with Crippen molar-refractivity contribution in [1.29, 1.82) is 0 Å². The summed E-state index contributed by atoms with van der Waals surface area (Å²) >= 11 is 0. The Morgan fingerprint density at radius 1 is 1.11 bits per heavy atom. The van der Waals surface area contributed by atoms with Crippen LogP contribution < -0.4 is 5.32 Å². The number of hydrogen-bond acceptors (Lipinski definition) is 3. The monoisotopic (exact) mass is 254 g/mol. The van der Waals surface area contributed by atoms with Crippen LogP contribution in [0.1, 0.15) is 44.9 Å². The van der Waals surface area contributed by atoms with Crippen molar-refractivity contribution in [2.45, 2.75) is 57.0 Å². The summed E-state index contributed by atoms with van der Waals surface area (Å²) in [5, 5.41) is 3.37. The minimum absolute atomic E-state index is 0.191. The minimum atomic E-state index is 0.191. The van der Waals surface area contributed by atoms with Gasteiger partial charge in [0.25, 0.3) is 0 Å². The molecule has 1 N–H and O–H groups in total. The van der Waals surface area contributed by atoms with Crippen LogP contribution in [0.4, 0.5) is 0 Å². The maximum atomic E-state index is 12.3. The summed E-state index contributed by atoms with van der Waals surface area (Å²) in [5.41, 5.74) is 0. The largest absolute Gasteiger partial charge is 0.375 e.